The number of hydrogen-bond donors (Lipinski definition) is 3. The number of nitrogens with zero attached hydrogens (tertiary/aromatic N) is 2. The minimum Gasteiger partial charge on any atom is -0.339 e. The van der Waals surface area contributed by atoms with Crippen LogP contribution in [-0.2, 0) is 0 Å². The van der Waals surface area contributed by atoms with Gasteiger partial charge in [0.15, 0.2) is 5.82 Å². The van der Waals surface area contributed by atoms with E-state index in [1.165, 1.54) is 53.9 Å². The van der Waals surface area contributed by atoms with E-state index < -0.39 is 0 Å². The largest absolute Gasteiger partial charge is 0.339 e. The summed E-state index contributed by atoms with van der Waals surface area (Å²) in [6.07, 6.45) is 9.84. The van der Waals surface area contributed by atoms with Crippen molar-refractivity contribution in [2.45, 2.75) is 67.6 Å². The molecule has 2 aliphatic carbocycles. The molecule has 7 heteroatoms. The lowest BCUT2D eigenvalue weighted by Crippen LogP contribution is -2.29. The molecule has 5 nitrogen and oxygen atoms in total. The fourth-order valence-electron chi connectivity index (χ4n) is 4.14. The summed E-state index contributed by atoms with van der Waals surface area (Å²) in [5.41, 5.74) is 3.41. The maximum Gasteiger partial charge on any atom is 0.152 e. The van der Waals surface area contributed by atoms with Crippen LogP contribution in [0, 0.1) is 6.92 Å². The average Bonchev–Trinajstić information content (AvgIpc) is 3.27. The third-order valence-corrected chi connectivity index (χ3v) is 8.66. The second-order valence-electron chi connectivity index (χ2n) is 8.49. The minimum absolute atomic E-state index is 0.671. The van der Waals surface area contributed by atoms with Gasteiger partial charge >= 0.3 is 0 Å². The standard InChI is InChI=1S/C23H29N5S2/c1-14-11-22(28-27-14)26-17-7-10-19(20(12-17)29-18-8-9-18)23-25-13-21(30-23)15-3-5-16(24-2)6-4-15/h7,10-13,15-16,18,24H,3-6,8-9H2,1-2H3,(H2,26,27,28). The van der Waals surface area contributed by atoms with E-state index in [1.54, 1.807) is 0 Å². The molecule has 0 spiro atoms. The van der Waals surface area contributed by atoms with Crippen LogP contribution < -0.4 is 10.6 Å². The predicted octanol–water partition coefficient (Wildman–Crippen LogP) is 6.09. The van der Waals surface area contributed by atoms with Gasteiger partial charge in [-0.3, -0.25) is 5.10 Å². The summed E-state index contributed by atoms with van der Waals surface area (Å²) < 4.78 is 0. The first-order valence-corrected chi connectivity index (χ1v) is 12.6. The van der Waals surface area contributed by atoms with Gasteiger partial charge in [0.05, 0.1) is 0 Å². The highest BCUT2D eigenvalue weighted by atomic mass is 32.2. The normalized spacial score (nSPS) is 21.7. The SMILES string of the molecule is CNC1CCC(c2cnc(-c3ccc(Nc4cc(C)[nH]n4)cc3SC3CC3)s2)CC1. The van der Waals surface area contributed by atoms with E-state index in [4.69, 9.17) is 4.98 Å². The summed E-state index contributed by atoms with van der Waals surface area (Å²) in [6, 6.07) is 9.36. The molecule has 2 fully saturated rings. The summed E-state index contributed by atoms with van der Waals surface area (Å²) in [5, 5.41) is 16.1. The number of thiazole rings is 1. The number of anilines is 2. The summed E-state index contributed by atoms with van der Waals surface area (Å²) >= 11 is 3.89. The van der Waals surface area contributed by atoms with Crippen LogP contribution in [0.15, 0.2) is 35.4 Å². The highest BCUT2D eigenvalue weighted by Crippen LogP contribution is 2.46. The molecule has 1 aromatic carbocycles. The Hall–Kier alpha value is -1.83. The lowest BCUT2D eigenvalue weighted by Gasteiger charge is -2.27. The van der Waals surface area contributed by atoms with Crippen LogP contribution in [-0.4, -0.2) is 33.5 Å². The average molecular weight is 440 g/mol. The van der Waals surface area contributed by atoms with Gasteiger partial charge in [0.25, 0.3) is 0 Å². The molecule has 2 aromatic heterocycles. The number of aryl methyl sites for hydroxylation is 1. The Balaban J connectivity index is 1.37. The van der Waals surface area contributed by atoms with Crippen LogP contribution in [0.3, 0.4) is 0 Å². The molecule has 0 radical (unpaired) electrons. The Labute approximate surface area is 186 Å². The first-order chi connectivity index (χ1) is 14.7. The molecule has 5 rings (SSSR count). The molecule has 3 aromatic rings. The van der Waals surface area contributed by atoms with Crippen molar-refractivity contribution in [3.8, 4) is 10.6 Å². The lowest BCUT2D eigenvalue weighted by molar-refractivity contribution is 0.361. The molecule has 2 aliphatic rings. The molecule has 3 N–H and O–H groups in total. The molecular weight excluding hydrogens is 410 g/mol. The van der Waals surface area contributed by atoms with Crippen LogP contribution in [0.5, 0.6) is 0 Å². The Kier molecular flexibility index (Phi) is 5.85. The van der Waals surface area contributed by atoms with E-state index in [0.29, 0.717) is 12.0 Å². The molecule has 0 saturated heterocycles. The minimum atomic E-state index is 0.671. The third kappa shape index (κ3) is 4.58. The molecule has 0 amide bonds. The smallest absolute Gasteiger partial charge is 0.152 e. The number of nitrogens with one attached hydrogen (secondary N) is 3. The molecule has 2 heterocycles. The number of aromatic nitrogens is 3. The van der Waals surface area contributed by atoms with Crippen molar-refractivity contribution in [1.29, 1.82) is 0 Å². The summed E-state index contributed by atoms with van der Waals surface area (Å²) in [7, 11) is 2.08. The Bertz CT molecular complexity index is 999. The number of aromatic amines is 1. The predicted molar refractivity (Wildman–Crippen MR) is 127 cm³/mol. The number of benzene rings is 1. The van der Waals surface area contributed by atoms with Crippen LogP contribution in [0.1, 0.15) is 55.0 Å². The number of H-pyrrole nitrogens is 1. The van der Waals surface area contributed by atoms with E-state index in [9.17, 15) is 0 Å². The van der Waals surface area contributed by atoms with Gasteiger partial charge in [-0.1, -0.05) is 0 Å². The molecule has 30 heavy (non-hydrogen) atoms. The molecule has 0 aliphatic heterocycles. The van der Waals surface area contributed by atoms with Crippen LogP contribution in [0.4, 0.5) is 11.5 Å². The number of thioether (sulfide) groups is 1. The Morgan fingerprint density at radius 1 is 1.10 bits per heavy atom. The second-order valence-corrected chi connectivity index (χ2v) is 10.9. The monoisotopic (exact) mass is 439 g/mol. The van der Waals surface area contributed by atoms with Crippen molar-refractivity contribution in [3.63, 3.8) is 0 Å². The van der Waals surface area contributed by atoms with Gasteiger partial charge in [0, 0.05) is 50.3 Å². The second kappa shape index (κ2) is 8.73. The number of hydrogen-bond acceptors (Lipinski definition) is 6. The fourth-order valence-corrected chi connectivity index (χ4v) is 6.54. The van der Waals surface area contributed by atoms with E-state index in [0.717, 1.165) is 27.5 Å². The van der Waals surface area contributed by atoms with Crippen molar-refractivity contribution >= 4 is 34.6 Å². The Morgan fingerprint density at radius 2 is 1.93 bits per heavy atom. The molecule has 0 unspecified atom stereocenters. The van der Waals surface area contributed by atoms with Gasteiger partial charge in [0.2, 0.25) is 0 Å². The zero-order valence-electron chi connectivity index (χ0n) is 17.6. The first kappa shape index (κ1) is 20.1. The highest BCUT2D eigenvalue weighted by molar-refractivity contribution is 8.00. The van der Waals surface area contributed by atoms with Crippen molar-refractivity contribution in [1.82, 2.24) is 20.5 Å². The van der Waals surface area contributed by atoms with Crippen molar-refractivity contribution in [2.24, 2.45) is 0 Å². The topological polar surface area (TPSA) is 65.6 Å². The van der Waals surface area contributed by atoms with Gasteiger partial charge in [-0.25, -0.2) is 4.98 Å². The van der Waals surface area contributed by atoms with E-state index in [-0.39, 0.29) is 0 Å². The highest BCUT2D eigenvalue weighted by Gasteiger charge is 2.26. The summed E-state index contributed by atoms with van der Waals surface area (Å²) in [6.45, 7) is 2.01. The van der Waals surface area contributed by atoms with Crippen molar-refractivity contribution in [3.05, 3.63) is 41.0 Å². The zero-order chi connectivity index (χ0) is 20.5. The quantitative estimate of drug-likeness (QED) is 0.416. The van der Waals surface area contributed by atoms with Gasteiger partial charge in [-0.15, -0.1) is 23.1 Å². The van der Waals surface area contributed by atoms with Gasteiger partial charge in [-0.05, 0) is 76.6 Å². The van der Waals surface area contributed by atoms with Crippen LogP contribution >= 0.6 is 23.1 Å². The van der Waals surface area contributed by atoms with Gasteiger partial charge < -0.3 is 10.6 Å². The molecule has 0 atom stereocenters. The summed E-state index contributed by atoms with van der Waals surface area (Å²) in [4.78, 5) is 7.64. The maximum absolute atomic E-state index is 4.86. The van der Waals surface area contributed by atoms with E-state index in [1.807, 2.05) is 36.1 Å². The molecule has 0 bridgehead atoms. The zero-order valence-corrected chi connectivity index (χ0v) is 19.2. The van der Waals surface area contributed by atoms with Gasteiger partial charge in [-0.2, -0.15) is 5.10 Å². The summed E-state index contributed by atoms with van der Waals surface area (Å²) in [5.74, 6) is 1.53. The van der Waals surface area contributed by atoms with Crippen molar-refractivity contribution < 1.29 is 0 Å². The van der Waals surface area contributed by atoms with E-state index >= 15 is 0 Å². The van der Waals surface area contributed by atoms with Crippen LogP contribution in [0.2, 0.25) is 0 Å². The third-order valence-electron chi connectivity index (χ3n) is 6.07. The van der Waals surface area contributed by atoms with E-state index in [2.05, 4.69) is 52.3 Å². The fraction of sp³-hybridized carbons (Fsp3) is 0.478. The molecule has 158 valence electrons. The Morgan fingerprint density at radius 3 is 2.63 bits per heavy atom. The molecular formula is C23H29N5S2. The molecule has 2 saturated carbocycles. The van der Waals surface area contributed by atoms with Gasteiger partial charge in [0.1, 0.15) is 5.01 Å². The van der Waals surface area contributed by atoms with Crippen molar-refractivity contribution in [2.75, 3.05) is 12.4 Å². The number of rotatable bonds is 7. The van der Waals surface area contributed by atoms with Crippen LogP contribution in [0.25, 0.3) is 10.6 Å². The lowest BCUT2D eigenvalue weighted by atomic mass is 9.85. The first-order valence-electron chi connectivity index (χ1n) is 10.9. The maximum atomic E-state index is 4.86.